The number of nitrogens with one attached hydrogen (secondary N) is 1. The second kappa shape index (κ2) is 13.2. The van der Waals surface area contributed by atoms with Gasteiger partial charge in [0, 0.05) is 9.92 Å². The molecule has 1 N–H and O–H groups in total. The van der Waals surface area contributed by atoms with E-state index in [4.69, 9.17) is 21.1 Å². The van der Waals surface area contributed by atoms with E-state index in [1.807, 2.05) is 42.7 Å². The van der Waals surface area contributed by atoms with Crippen LogP contribution in [0.15, 0.2) is 46.4 Å². The van der Waals surface area contributed by atoms with Crippen LogP contribution in [0.2, 0.25) is 5.02 Å². The summed E-state index contributed by atoms with van der Waals surface area (Å²) in [5.41, 5.74) is 4.25. The van der Waals surface area contributed by atoms with Crippen molar-refractivity contribution in [1.29, 1.82) is 0 Å². The smallest absolute Gasteiger partial charge is 0.244 e. The quantitative estimate of drug-likeness (QED) is 0.195. The van der Waals surface area contributed by atoms with Crippen LogP contribution in [0.5, 0.6) is 11.5 Å². The van der Waals surface area contributed by atoms with Gasteiger partial charge in [0.2, 0.25) is 5.91 Å². The molecule has 2 rings (SSSR count). The largest absolute Gasteiger partial charge is 0.493 e. The van der Waals surface area contributed by atoms with Gasteiger partial charge in [-0.05, 0) is 60.2 Å². The van der Waals surface area contributed by atoms with Crippen molar-refractivity contribution in [2.24, 2.45) is 5.10 Å². The van der Waals surface area contributed by atoms with Crippen LogP contribution in [0.25, 0.3) is 0 Å². The van der Waals surface area contributed by atoms with Crippen LogP contribution in [0, 0.1) is 0 Å². The Morgan fingerprint density at radius 1 is 1.17 bits per heavy atom. The molecule has 7 heteroatoms. The van der Waals surface area contributed by atoms with E-state index in [0.717, 1.165) is 28.9 Å². The molecule has 0 unspecified atom stereocenters. The number of thioether (sulfide) groups is 1. The number of halogens is 1. The summed E-state index contributed by atoms with van der Waals surface area (Å²) in [6.45, 7) is 2.85. The Labute approximate surface area is 188 Å². The van der Waals surface area contributed by atoms with Crippen molar-refractivity contribution < 1.29 is 14.3 Å². The van der Waals surface area contributed by atoms with Crippen LogP contribution in [0.4, 0.5) is 0 Å². The molecule has 5 nitrogen and oxygen atoms in total. The summed E-state index contributed by atoms with van der Waals surface area (Å²) < 4.78 is 11.2. The van der Waals surface area contributed by atoms with E-state index in [0.29, 0.717) is 23.1 Å². The van der Waals surface area contributed by atoms with Gasteiger partial charge in [0.25, 0.3) is 0 Å². The van der Waals surface area contributed by atoms with Gasteiger partial charge in [-0.1, -0.05) is 37.8 Å². The first-order valence-corrected chi connectivity index (χ1v) is 11.6. The molecule has 2 aromatic rings. The van der Waals surface area contributed by atoms with Gasteiger partial charge >= 0.3 is 0 Å². The molecule has 162 valence electrons. The summed E-state index contributed by atoms with van der Waals surface area (Å²) in [6.07, 6.45) is 8.37. The summed E-state index contributed by atoms with van der Waals surface area (Å²) in [4.78, 5) is 13.3. The van der Waals surface area contributed by atoms with Gasteiger partial charge in [-0.25, -0.2) is 5.43 Å². The molecule has 0 spiro atoms. The highest BCUT2D eigenvalue weighted by atomic mass is 35.5. The number of amides is 1. The number of carbonyl (C=O) groups excluding carboxylic acids is 1. The number of hydrogen-bond acceptors (Lipinski definition) is 5. The van der Waals surface area contributed by atoms with Crippen molar-refractivity contribution in [1.82, 2.24) is 5.43 Å². The Bertz CT molecular complexity index is 858. The van der Waals surface area contributed by atoms with Crippen molar-refractivity contribution in [3.63, 3.8) is 0 Å². The number of methoxy groups -OCH3 is 1. The van der Waals surface area contributed by atoms with E-state index in [2.05, 4.69) is 17.5 Å². The Morgan fingerprint density at radius 2 is 2.00 bits per heavy atom. The predicted octanol–water partition coefficient (Wildman–Crippen LogP) is 5.72. The first kappa shape index (κ1) is 24.1. The Kier molecular flexibility index (Phi) is 10.6. The highest BCUT2D eigenvalue weighted by Gasteiger charge is 2.08. The molecular weight excluding hydrogens is 420 g/mol. The zero-order valence-corrected chi connectivity index (χ0v) is 19.3. The maximum atomic E-state index is 12.2. The molecule has 0 aliphatic carbocycles. The third-order valence-electron chi connectivity index (χ3n) is 4.44. The molecule has 0 fully saturated rings. The standard InChI is InChI=1S/C23H29ClN2O3S/c1-4-5-6-7-12-29-20-10-8-17(13-21(20)28-2)16-25-26-23(27)15-18-14-19(24)9-11-22(18)30-3/h8-11,13-14,16H,4-7,12,15H2,1-3H3,(H,26,27)/b25-16-. The van der Waals surface area contributed by atoms with Crippen LogP contribution >= 0.6 is 23.4 Å². The van der Waals surface area contributed by atoms with Crippen LogP contribution in [0.3, 0.4) is 0 Å². The Hall–Kier alpha value is -2.18. The van der Waals surface area contributed by atoms with Crippen molar-refractivity contribution in [2.75, 3.05) is 20.0 Å². The van der Waals surface area contributed by atoms with E-state index >= 15 is 0 Å². The molecule has 0 atom stereocenters. The fourth-order valence-corrected chi connectivity index (χ4v) is 3.66. The molecular formula is C23H29ClN2O3S. The number of benzene rings is 2. The van der Waals surface area contributed by atoms with E-state index in [1.165, 1.54) is 12.8 Å². The lowest BCUT2D eigenvalue weighted by Crippen LogP contribution is -2.20. The molecule has 0 saturated carbocycles. The van der Waals surface area contributed by atoms with Gasteiger partial charge in [0.1, 0.15) is 0 Å². The van der Waals surface area contributed by atoms with Gasteiger partial charge < -0.3 is 9.47 Å². The monoisotopic (exact) mass is 448 g/mol. The number of unbranched alkanes of at least 4 members (excludes halogenated alkanes) is 3. The minimum atomic E-state index is -0.206. The third-order valence-corrected chi connectivity index (χ3v) is 5.51. The third kappa shape index (κ3) is 7.92. The van der Waals surface area contributed by atoms with Crippen molar-refractivity contribution in [3.8, 4) is 11.5 Å². The SMILES string of the molecule is CCCCCCOc1ccc(/C=N\NC(=O)Cc2cc(Cl)ccc2SC)cc1OC. The van der Waals surface area contributed by atoms with Gasteiger partial charge in [-0.15, -0.1) is 11.8 Å². The summed E-state index contributed by atoms with van der Waals surface area (Å²) >= 11 is 7.62. The highest BCUT2D eigenvalue weighted by Crippen LogP contribution is 2.28. The average Bonchev–Trinajstić information content (AvgIpc) is 2.74. The van der Waals surface area contributed by atoms with Crippen LogP contribution < -0.4 is 14.9 Å². The normalized spacial score (nSPS) is 10.9. The molecule has 0 heterocycles. The molecule has 0 aromatic heterocycles. The van der Waals surface area contributed by atoms with Crippen LogP contribution in [0.1, 0.15) is 43.7 Å². The number of rotatable bonds is 12. The van der Waals surface area contributed by atoms with Gasteiger partial charge in [-0.3, -0.25) is 4.79 Å². The van der Waals surface area contributed by atoms with E-state index in [1.54, 1.807) is 25.1 Å². The fraction of sp³-hybridized carbons (Fsp3) is 0.391. The molecule has 0 radical (unpaired) electrons. The van der Waals surface area contributed by atoms with Crippen molar-refractivity contribution in [2.45, 2.75) is 43.9 Å². The lowest BCUT2D eigenvalue weighted by atomic mass is 10.1. The number of hydrazone groups is 1. The second-order valence-corrected chi connectivity index (χ2v) is 8.03. The predicted molar refractivity (Wildman–Crippen MR) is 125 cm³/mol. The van der Waals surface area contributed by atoms with Crippen molar-refractivity contribution >= 4 is 35.5 Å². The fourth-order valence-electron chi connectivity index (χ4n) is 2.87. The number of nitrogens with zero attached hydrogens (tertiary/aromatic N) is 1. The molecule has 30 heavy (non-hydrogen) atoms. The number of hydrogen-bond donors (Lipinski definition) is 1. The number of ether oxygens (including phenoxy) is 2. The minimum Gasteiger partial charge on any atom is -0.493 e. The summed E-state index contributed by atoms with van der Waals surface area (Å²) in [6, 6.07) is 11.1. The van der Waals surface area contributed by atoms with Crippen LogP contribution in [-0.4, -0.2) is 32.1 Å². The topological polar surface area (TPSA) is 59.9 Å². The molecule has 0 aliphatic rings. The molecule has 1 amide bonds. The summed E-state index contributed by atoms with van der Waals surface area (Å²) in [5, 5.41) is 4.67. The zero-order valence-electron chi connectivity index (χ0n) is 17.7. The second-order valence-electron chi connectivity index (χ2n) is 6.75. The first-order chi connectivity index (χ1) is 14.6. The maximum absolute atomic E-state index is 12.2. The molecule has 0 saturated heterocycles. The molecule has 0 bridgehead atoms. The molecule has 2 aromatic carbocycles. The minimum absolute atomic E-state index is 0.206. The van der Waals surface area contributed by atoms with E-state index < -0.39 is 0 Å². The summed E-state index contributed by atoms with van der Waals surface area (Å²) in [7, 11) is 1.61. The summed E-state index contributed by atoms with van der Waals surface area (Å²) in [5.74, 6) is 1.15. The number of carbonyl (C=O) groups is 1. The van der Waals surface area contributed by atoms with Gasteiger partial charge in [-0.2, -0.15) is 5.10 Å². The molecule has 0 aliphatic heterocycles. The van der Waals surface area contributed by atoms with E-state index in [-0.39, 0.29) is 12.3 Å². The maximum Gasteiger partial charge on any atom is 0.244 e. The lowest BCUT2D eigenvalue weighted by molar-refractivity contribution is -0.120. The zero-order chi connectivity index (χ0) is 21.8. The van der Waals surface area contributed by atoms with E-state index in [9.17, 15) is 4.79 Å². The van der Waals surface area contributed by atoms with Gasteiger partial charge in [0.15, 0.2) is 11.5 Å². The van der Waals surface area contributed by atoms with Crippen molar-refractivity contribution in [3.05, 3.63) is 52.5 Å². The van der Waals surface area contributed by atoms with Crippen LogP contribution in [-0.2, 0) is 11.2 Å². The first-order valence-electron chi connectivity index (χ1n) is 10.0. The highest BCUT2D eigenvalue weighted by molar-refractivity contribution is 7.98. The van der Waals surface area contributed by atoms with Gasteiger partial charge in [0.05, 0.1) is 26.4 Å². The Morgan fingerprint density at radius 3 is 2.73 bits per heavy atom. The lowest BCUT2D eigenvalue weighted by Gasteiger charge is -2.11. The Balaban J connectivity index is 1.91. The average molecular weight is 449 g/mol.